The van der Waals surface area contributed by atoms with Gasteiger partial charge in [0.15, 0.2) is 0 Å². The van der Waals surface area contributed by atoms with E-state index < -0.39 is 0 Å². The Bertz CT molecular complexity index is 299. The second kappa shape index (κ2) is 3.07. The lowest BCUT2D eigenvalue weighted by atomic mass is 10.1. The van der Waals surface area contributed by atoms with E-state index in [1.165, 1.54) is 0 Å². The Labute approximate surface area is 66.0 Å². The molecule has 1 rings (SSSR count). The molecule has 0 atom stereocenters. The average Bonchev–Trinajstić information content (AvgIpc) is 2.03. The van der Waals surface area contributed by atoms with Crippen LogP contribution in [0, 0.1) is 24.3 Å². The first-order valence-corrected chi connectivity index (χ1v) is 3.24. The van der Waals surface area contributed by atoms with E-state index in [1.807, 2.05) is 19.1 Å². The predicted octanol–water partition coefficient (Wildman–Crippen LogP) is 1.68. The monoisotopic (exact) mass is 146 g/mol. The van der Waals surface area contributed by atoms with Gasteiger partial charge in [-0.05, 0) is 24.6 Å². The number of hydrogen-bond donors (Lipinski definition) is 0. The van der Waals surface area contributed by atoms with Gasteiger partial charge in [0.25, 0.3) is 0 Å². The number of aryl methyl sites for hydroxylation is 1. The summed E-state index contributed by atoms with van der Waals surface area (Å²) in [6.45, 7) is 1.91. The Kier molecular flexibility index (Phi) is 2.12. The van der Waals surface area contributed by atoms with Crippen LogP contribution in [0.3, 0.4) is 0 Å². The molecule has 0 N–H and O–H groups in total. The second-order valence-electron chi connectivity index (χ2n) is 2.25. The highest BCUT2D eigenvalue weighted by Crippen LogP contribution is 2.14. The molecule has 0 spiro atoms. The second-order valence-corrected chi connectivity index (χ2v) is 2.25. The number of nitriles is 1. The minimum Gasteiger partial charge on any atom is -0.496 e. The molecule has 0 unspecified atom stereocenters. The van der Waals surface area contributed by atoms with Crippen molar-refractivity contribution < 1.29 is 4.74 Å². The average molecular weight is 146 g/mol. The molecule has 0 aliphatic heterocycles. The topological polar surface area (TPSA) is 33.0 Å². The van der Waals surface area contributed by atoms with Crippen molar-refractivity contribution in [2.75, 3.05) is 7.11 Å². The summed E-state index contributed by atoms with van der Waals surface area (Å²) < 4.78 is 4.93. The van der Waals surface area contributed by atoms with Crippen LogP contribution in [0.4, 0.5) is 0 Å². The first-order valence-electron chi connectivity index (χ1n) is 3.24. The lowest BCUT2D eigenvalue weighted by Gasteiger charge is -1.99. The van der Waals surface area contributed by atoms with Crippen molar-refractivity contribution in [2.24, 2.45) is 0 Å². The van der Waals surface area contributed by atoms with Gasteiger partial charge in [0.1, 0.15) is 5.75 Å². The fraction of sp³-hybridized carbons (Fsp3) is 0.222. The molecule has 2 nitrogen and oxygen atoms in total. The normalized spacial score (nSPS) is 8.82. The largest absolute Gasteiger partial charge is 0.496 e. The van der Waals surface area contributed by atoms with Gasteiger partial charge in [-0.1, -0.05) is 0 Å². The van der Waals surface area contributed by atoms with Crippen LogP contribution in [0.1, 0.15) is 11.1 Å². The minimum atomic E-state index is 0.516. The molecular weight excluding hydrogens is 138 g/mol. The van der Waals surface area contributed by atoms with Crippen LogP contribution in [0.25, 0.3) is 0 Å². The summed E-state index contributed by atoms with van der Waals surface area (Å²) >= 11 is 0. The van der Waals surface area contributed by atoms with E-state index >= 15 is 0 Å². The van der Waals surface area contributed by atoms with Gasteiger partial charge in [0, 0.05) is 6.07 Å². The van der Waals surface area contributed by atoms with E-state index in [1.54, 1.807) is 13.2 Å². The van der Waals surface area contributed by atoms with Crippen LogP contribution in [-0.2, 0) is 0 Å². The molecule has 0 aliphatic rings. The molecule has 1 aromatic carbocycles. The van der Waals surface area contributed by atoms with Gasteiger partial charge in [0.05, 0.1) is 18.7 Å². The molecule has 0 amide bonds. The molecule has 0 aliphatic carbocycles. The Morgan fingerprint density at radius 2 is 2.27 bits per heavy atom. The molecule has 0 aromatic heterocycles. The number of benzene rings is 1. The summed E-state index contributed by atoms with van der Waals surface area (Å²) in [7, 11) is 1.56. The molecular formula is C9H8NO. The fourth-order valence-electron chi connectivity index (χ4n) is 0.851. The highest BCUT2D eigenvalue weighted by molar-refractivity contribution is 5.38. The highest BCUT2D eigenvalue weighted by Gasteiger charge is 1.96. The van der Waals surface area contributed by atoms with E-state index in [0.717, 1.165) is 5.56 Å². The van der Waals surface area contributed by atoms with Crippen molar-refractivity contribution in [3.05, 3.63) is 29.3 Å². The van der Waals surface area contributed by atoms with Crippen molar-refractivity contribution in [3.8, 4) is 11.8 Å². The maximum atomic E-state index is 8.55. The van der Waals surface area contributed by atoms with Crippen LogP contribution in [0.5, 0.6) is 5.75 Å². The van der Waals surface area contributed by atoms with Crippen molar-refractivity contribution in [2.45, 2.75) is 6.92 Å². The molecule has 0 saturated heterocycles. The van der Waals surface area contributed by atoms with Crippen LogP contribution < -0.4 is 4.74 Å². The Morgan fingerprint density at radius 3 is 2.82 bits per heavy atom. The van der Waals surface area contributed by atoms with Gasteiger partial charge in [-0.2, -0.15) is 5.26 Å². The zero-order valence-corrected chi connectivity index (χ0v) is 6.51. The van der Waals surface area contributed by atoms with Crippen LogP contribution in [0.2, 0.25) is 0 Å². The van der Waals surface area contributed by atoms with E-state index in [2.05, 4.69) is 6.07 Å². The predicted molar refractivity (Wildman–Crippen MR) is 41.3 cm³/mol. The lowest BCUT2D eigenvalue weighted by Crippen LogP contribution is -1.86. The number of methoxy groups -OCH3 is 1. The number of nitrogens with zero attached hydrogens (tertiary/aromatic N) is 1. The lowest BCUT2D eigenvalue weighted by molar-refractivity contribution is 0.413. The summed E-state index contributed by atoms with van der Waals surface area (Å²) in [5.41, 5.74) is 1.53. The van der Waals surface area contributed by atoms with Crippen LogP contribution in [0.15, 0.2) is 12.1 Å². The first kappa shape index (κ1) is 7.62. The summed E-state index contributed by atoms with van der Waals surface area (Å²) in [6.07, 6.45) is 0. The minimum absolute atomic E-state index is 0.516. The SMILES string of the molecule is COc1[c]c(C#N)cc(C)c1. The van der Waals surface area contributed by atoms with E-state index in [4.69, 9.17) is 10.00 Å². The standard InChI is InChI=1S/C9H8NO/c1-7-3-8(6-10)5-9(4-7)11-2/h3-4H,1-2H3. The van der Waals surface area contributed by atoms with Gasteiger partial charge in [-0.15, -0.1) is 0 Å². The van der Waals surface area contributed by atoms with Gasteiger partial charge in [0.2, 0.25) is 0 Å². The van der Waals surface area contributed by atoms with E-state index in [0.29, 0.717) is 11.3 Å². The van der Waals surface area contributed by atoms with Gasteiger partial charge < -0.3 is 4.74 Å². The first-order chi connectivity index (χ1) is 5.26. The van der Waals surface area contributed by atoms with Crippen molar-refractivity contribution in [1.29, 1.82) is 5.26 Å². The third-order valence-corrected chi connectivity index (χ3v) is 1.33. The third-order valence-electron chi connectivity index (χ3n) is 1.33. The van der Waals surface area contributed by atoms with Crippen molar-refractivity contribution >= 4 is 0 Å². The third kappa shape index (κ3) is 1.71. The fourth-order valence-corrected chi connectivity index (χ4v) is 0.851. The number of rotatable bonds is 1. The number of ether oxygens (including phenoxy) is 1. The molecule has 55 valence electrons. The molecule has 0 fully saturated rings. The highest BCUT2D eigenvalue weighted by atomic mass is 16.5. The maximum Gasteiger partial charge on any atom is 0.128 e. The van der Waals surface area contributed by atoms with Gasteiger partial charge in [-0.25, -0.2) is 0 Å². The van der Waals surface area contributed by atoms with Gasteiger partial charge >= 0.3 is 0 Å². The van der Waals surface area contributed by atoms with Crippen LogP contribution in [-0.4, -0.2) is 7.11 Å². The summed E-state index contributed by atoms with van der Waals surface area (Å²) in [4.78, 5) is 0. The van der Waals surface area contributed by atoms with Crippen molar-refractivity contribution in [1.82, 2.24) is 0 Å². The molecule has 1 aromatic rings. The Morgan fingerprint density at radius 1 is 1.55 bits per heavy atom. The smallest absolute Gasteiger partial charge is 0.128 e. The zero-order valence-electron chi connectivity index (χ0n) is 6.51. The molecule has 0 saturated carbocycles. The quantitative estimate of drug-likeness (QED) is 0.603. The summed E-state index contributed by atoms with van der Waals surface area (Å²) in [5, 5.41) is 8.55. The number of hydrogen-bond acceptors (Lipinski definition) is 2. The van der Waals surface area contributed by atoms with E-state index in [-0.39, 0.29) is 0 Å². The molecule has 2 heteroatoms. The zero-order chi connectivity index (χ0) is 8.27. The Balaban J connectivity index is 3.15. The van der Waals surface area contributed by atoms with E-state index in [9.17, 15) is 0 Å². The van der Waals surface area contributed by atoms with Crippen molar-refractivity contribution in [3.63, 3.8) is 0 Å². The summed E-state index contributed by atoms with van der Waals surface area (Å²) in [6, 6.07) is 8.41. The molecule has 0 bridgehead atoms. The maximum absolute atomic E-state index is 8.55. The van der Waals surface area contributed by atoms with Gasteiger partial charge in [-0.3, -0.25) is 0 Å². The molecule has 11 heavy (non-hydrogen) atoms. The Hall–Kier alpha value is -1.49. The summed E-state index contributed by atoms with van der Waals surface area (Å²) in [5.74, 6) is 0.613. The van der Waals surface area contributed by atoms with Crippen LogP contribution >= 0.6 is 0 Å². The molecule has 1 radical (unpaired) electrons. The molecule has 0 heterocycles.